The molecule has 4 fully saturated rings. The molecule has 9 nitrogen and oxygen atoms in total. The third-order valence-corrected chi connectivity index (χ3v) is 11.1. The fraction of sp³-hybridized carbons (Fsp3) is 0.724. The van der Waals surface area contributed by atoms with Gasteiger partial charge in [-0.1, -0.05) is 33.3 Å². The standard InChI is InChI=1S/C29H38O9/c1-15-37-28(32)21-11-17-18(27(5,29(21,33)38-15)20(25(28,2)3)13-22(30)34-6)7-9-26(4)19(17)12-23(31)36-24(26)16-8-10-35-14-16/h8,10,14-15,18,20-21,24,32-33H,7,9,11-13H2,1-6H3/t15?,18?,20-,21-,24-,26+,27?,28?,29?/m0/s1. The Kier molecular flexibility index (Phi) is 5.44. The van der Waals surface area contributed by atoms with Crippen LogP contribution in [0.25, 0.3) is 0 Å². The summed E-state index contributed by atoms with van der Waals surface area (Å²) >= 11 is 0. The van der Waals surface area contributed by atoms with E-state index in [1.165, 1.54) is 7.11 Å². The number of carbonyl (C=O) groups is 2. The number of hydrogen-bond acceptors (Lipinski definition) is 9. The molecule has 9 atom stereocenters. The first-order valence-electron chi connectivity index (χ1n) is 13.5. The van der Waals surface area contributed by atoms with Crippen LogP contribution in [0.5, 0.6) is 0 Å². The molecule has 3 aliphatic carbocycles. The Morgan fingerprint density at radius 1 is 1.16 bits per heavy atom. The molecule has 9 heteroatoms. The zero-order valence-electron chi connectivity index (χ0n) is 22.9. The van der Waals surface area contributed by atoms with Gasteiger partial charge in [-0.25, -0.2) is 0 Å². The number of ether oxygens (including phenoxy) is 4. The van der Waals surface area contributed by atoms with Gasteiger partial charge in [-0.15, -0.1) is 0 Å². The normalized spacial score (nSPS) is 47.1. The number of rotatable bonds is 3. The second-order valence-corrected chi connectivity index (χ2v) is 12.9. The summed E-state index contributed by atoms with van der Waals surface area (Å²) < 4.78 is 28.7. The van der Waals surface area contributed by atoms with Gasteiger partial charge in [-0.2, -0.15) is 0 Å². The first kappa shape index (κ1) is 26.0. The zero-order chi connectivity index (χ0) is 27.5. The zero-order valence-corrected chi connectivity index (χ0v) is 22.9. The molecule has 0 spiro atoms. The van der Waals surface area contributed by atoms with E-state index in [4.69, 9.17) is 23.4 Å². The number of methoxy groups -OCH3 is 1. The van der Waals surface area contributed by atoms with Gasteiger partial charge in [-0.3, -0.25) is 9.59 Å². The van der Waals surface area contributed by atoms with Gasteiger partial charge < -0.3 is 33.6 Å². The summed E-state index contributed by atoms with van der Waals surface area (Å²) in [6.07, 6.45) is 3.67. The van der Waals surface area contributed by atoms with Crippen LogP contribution in [-0.2, 0) is 28.5 Å². The van der Waals surface area contributed by atoms with E-state index in [9.17, 15) is 19.8 Å². The van der Waals surface area contributed by atoms with Crippen molar-refractivity contribution in [2.75, 3.05) is 7.11 Å². The molecule has 2 saturated heterocycles. The summed E-state index contributed by atoms with van der Waals surface area (Å²) in [5.41, 5.74) is 0.446. The Morgan fingerprint density at radius 3 is 2.53 bits per heavy atom. The average molecular weight is 531 g/mol. The van der Waals surface area contributed by atoms with Crippen molar-refractivity contribution in [1.82, 2.24) is 0 Å². The van der Waals surface area contributed by atoms with Crippen LogP contribution >= 0.6 is 0 Å². The molecule has 3 heterocycles. The highest BCUT2D eigenvalue weighted by molar-refractivity contribution is 5.76. The second kappa shape index (κ2) is 7.93. The van der Waals surface area contributed by atoms with E-state index in [2.05, 4.69) is 6.92 Å². The summed E-state index contributed by atoms with van der Waals surface area (Å²) in [6, 6.07) is 1.83. The smallest absolute Gasteiger partial charge is 0.310 e. The fourth-order valence-electron chi connectivity index (χ4n) is 9.20. The Morgan fingerprint density at radius 2 is 1.87 bits per heavy atom. The maximum atomic E-state index is 13.0. The first-order valence-corrected chi connectivity index (χ1v) is 13.5. The van der Waals surface area contributed by atoms with Crippen molar-refractivity contribution < 1.29 is 43.2 Å². The number of carbonyl (C=O) groups excluding carboxylic acids is 2. The molecular weight excluding hydrogens is 492 g/mol. The molecule has 4 bridgehead atoms. The third-order valence-electron chi connectivity index (χ3n) is 11.1. The quantitative estimate of drug-likeness (QED) is 0.441. The van der Waals surface area contributed by atoms with Gasteiger partial charge in [0, 0.05) is 28.2 Å². The fourth-order valence-corrected chi connectivity index (χ4v) is 9.20. The van der Waals surface area contributed by atoms with Gasteiger partial charge in [-0.05, 0) is 49.7 Å². The van der Waals surface area contributed by atoms with E-state index in [0.29, 0.717) is 19.3 Å². The van der Waals surface area contributed by atoms with Crippen LogP contribution < -0.4 is 0 Å². The number of cyclic esters (lactones) is 1. The molecular formula is C29H38O9. The SMILES string of the molecule is COC(=O)C[C@H]1C(C)(C)C2(O)OC(C)OC3(O)[C@H]2CC2=C4CC(=O)O[C@@H](c5ccoc5)[C@]4(C)CCC2C13C. The second-order valence-electron chi connectivity index (χ2n) is 12.9. The third kappa shape index (κ3) is 2.96. The minimum atomic E-state index is -1.79. The largest absolute Gasteiger partial charge is 0.472 e. The van der Waals surface area contributed by atoms with Crippen molar-refractivity contribution in [2.24, 2.45) is 34.0 Å². The van der Waals surface area contributed by atoms with Crippen molar-refractivity contribution in [3.05, 3.63) is 35.3 Å². The Hall–Kier alpha value is -2.20. The Balaban J connectivity index is 1.58. The first-order chi connectivity index (χ1) is 17.7. The highest BCUT2D eigenvalue weighted by Crippen LogP contribution is 2.75. The molecule has 0 amide bonds. The van der Waals surface area contributed by atoms with Crippen LogP contribution in [-0.4, -0.2) is 47.1 Å². The van der Waals surface area contributed by atoms with Gasteiger partial charge >= 0.3 is 11.9 Å². The summed E-state index contributed by atoms with van der Waals surface area (Å²) in [6.45, 7) is 9.59. The van der Waals surface area contributed by atoms with E-state index >= 15 is 0 Å². The van der Waals surface area contributed by atoms with Gasteiger partial charge in [0.2, 0.25) is 0 Å². The number of hydrogen-bond donors (Lipinski definition) is 2. The minimum Gasteiger partial charge on any atom is -0.472 e. The van der Waals surface area contributed by atoms with Crippen LogP contribution in [0, 0.1) is 34.0 Å². The maximum absolute atomic E-state index is 13.0. The molecule has 5 unspecified atom stereocenters. The number of furan rings is 1. The lowest BCUT2D eigenvalue weighted by molar-refractivity contribution is -0.532. The van der Waals surface area contributed by atoms with Crippen LogP contribution in [0.15, 0.2) is 34.2 Å². The highest BCUT2D eigenvalue weighted by atomic mass is 16.8. The van der Waals surface area contributed by atoms with Crippen LogP contribution in [0.2, 0.25) is 0 Å². The predicted octanol–water partition coefficient (Wildman–Crippen LogP) is 4.00. The highest BCUT2D eigenvalue weighted by Gasteiger charge is 2.81. The molecule has 38 heavy (non-hydrogen) atoms. The number of esters is 2. The van der Waals surface area contributed by atoms with Crippen LogP contribution in [0.3, 0.4) is 0 Å². The topological polar surface area (TPSA) is 125 Å². The molecule has 6 rings (SSSR count). The summed E-state index contributed by atoms with van der Waals surface area (Å²) in [5.74, 6) is -5.85. The molecule has 2 saturated carbocycles. The van der Waals surface area contributed by atoms with Crippen molar-refractivity contribution in [2.45, 2.75) is 90.7 Å². The molecule has 0 radical (unpaired) electrons. The van der Waals surface area contributed by atoms with Crippen molar-refractivity contribution in [3.63, 3.8) is 0 Å². The molecule has 1 aromatic rings. The summed E-state index contributed by atoms with van der Waals surface area (Å²) in [7, 11) is 1.34. The van der Waals surface area contributed by atoms with Crippen molar-refractivity contribution in [3.8, 4) is 0 Å². The number of aliphatic hydroxyl groups is 2. The van der Waals surface area contributed by atoms with Crippen LogP contribution in [0.4, 0.5) is 0 Å². The van der Waals surface area contributed by atoms with Gasteiger partial charge in [0.1, 0.15) is 6.10 Å². The van der Waals surface area contributed by atoms with Gasteiger partial charge in [0.25, 0.3) is 0 Å². The van der Waals surface area contributed by atoms with E-state index < -0.39 is 58.0 Å². The molecule has 2 aliphatic heterocycles. The lowest BCUT2D eigenvalue weighted by atomic mass is 9.37. The Bertz CT molecular complexity index is 1200. The molecule has 5 aliphatic rings. The van der Waals surface area contributed by atoms with Crippen molar-refractivity contribution in [1.29, 1.82) is 0 Å². The molecule has 0 aromatic carbocycles. The number of fused-ring (bicyclic) bond motifs is 3. The Labute approximate surface area is 222 Å². The van der Waals surface area contributed by atoms with E-state index in [0.717, 1.165) is 16.7 Å². The monoisotopic (exact) mass is 530 g/mol. The van der Waals surface area contributed by atoms with Gasteiger partial charge in [0.15, 0.2) is 17.9 Å². The van der Waals surface area contributed by atoms with Gasteiger partial charge in [0.05, 0.1) is 32.0 Å². The lowest BCUT2D eigenvalue weighted by Crippen LogP contribution is -2.82. The maximum Gasteiger partial charge on any atom is 0.310 e. The molecule has 2 N–H and O–H groups in total. The number of allylic oxidation sites excluding steroid dienone is 1. The molecule has 1 aromatic heterocycles. The predicted molar refractivity (Wildman–Crippen MR) is 132 cm³/mol. The van der Waals surface area contributed by atoms with Crippen LogP contribution in [0.1, 0.15) is 78.4 Å². The average Bonchev–Trinajstić information content (AvgIpc) is 3.37. The minimum absolute atomic E-state index is 0.0193. The van der Waals surface area contributed by atoms with E-state index in [1.807, 2.05) is 26.8 Å². The summed E-state index contributed by atoms with van der Waals surface area (Å²) in [4.78, 5) is 25.8. The summed E-state index contributed by atoms with van der Waals surface area (Å²) in [5, 5.41) is 24.8. The molecule has 208 valence electrons. The van der Waals surface area contributed by atoms with E-state index in [1.54, 1.807) is 19.5 Å². The van der Waals surface area contributed by atoms with Crippen molar-refractivity contribution >= 4 is 11.9 Å². The lowest BCUT2D eigenvalue weighted by Gasteiger charge is -2.74. The van der Waals surface area contributed by atoms with E-state index in [-0.39, 0.29) is 24.7 Å².